The van der Waals surface area contributed by atoms with E-state index in [-0.39, 0.29) is 5.91 Å². The maximum absolute atomic E-state index is 13.1. The summed E-state index contributed by atoms with van der Waals surface area (Å²) in [6, 6.07) is 25.6. The molecule has 23 heavy (non-hydrogen) atoms. The molecule has 0 saturated carbocycles. The van der Waals surface area contributed by atoms with E-state index < -0.39 is 0 Å². The van der Waals surface area contributed by atoms with Gasteiger partial charge in [0.1, 0.15) is 0 Å². The van der Waals surface area contributed by atoms with Gasteiger partial charge in [0.25, 0.3) is 5.91 Å². The normalized spacial score (nSPS) is 12.9. The molecule has 0 radical (unpaired) electrons. The number of hydrogen-bond donors (Lipinski definition) is 1. The number of benzene rings is 3. The second-order valence-electron chi connectivity index (χ2n) is 5.56. The number of anilines is 3. The number of para-hydroxylation sites is 3. The third-order valence-corrected chi connectivity index (χ3v) is 4.05. The fraction of sp³-hybridized carbons (Fsp3) is 0.0500. The lowest BCUT2D eigenvalue weighted by Gasteiger charge is -2.23. The lowest BCUT2D eigenvalue weighted by Crippen LogP contribution is -2.29. The summed E-state index contributed by atoms with van der Waals surface area (Å²) >= 11 is 0. The van der Waals surface area contributed by atoms with Crippen LogP contribution in [0.15, 0.2) is 78.9 Å². The number of hydrogen-bond acceptors (Lipinski definition) is 2. The monoisotopic (exact) mass is 300 g/mol. The zero-order chi connectivity index (χ0) is 15.6. The molecular weight excluding hydrogens is 284 g/mol. The van der Waals surface area contributed by atoms with E-state index in [1.54, 1.807) is 0 Å². The van der Waals surface area contributed by atoms with Crippen molar-refractivity contribution in [3.8, 4) is 0 Å². The smallest absolute Gasteiger partial charge is 0.260 e. The molecule has 3 nitrogen and oxygen atoms in total. The number of fused-ring (bicyclic) bond motifs is 2. The average molecular weight is 300 g/mol. The van der Waals surface area contributed by atoms with Gasteiger partial charge >= 0.3 is 0 Å². The average Bonchev–Trinajstić information content (AvgIpc) is 2.72. The quantitative estimate of drug-likeness (QED) is 0.750. The van der Waals surface area contributed by atoms with Crippen LogP contribution in [0.25, 0.3) is 0 Å². The Hall–Kier alpha value is -3.07. The van der Waals surface area contributed by atoms with Gasteiger partial charge in [-0.3, -0.25) is 4.79 Å². The molecule has 0 fully saturated rings. The van der Waals surface area contributed by atoms with Gasteiger partial charge in [0.05, 0.1) is 29.2 Å². The zero-order valence-electron chi connectivity index (χ0n) is 12.6. The standard InChI is InChI=1S/C20H16N2O/c23-20-16-10-4-5-11-17(16)21-18-12-6-7-13-19(18)22(20)14-15-8-2-1-3-9-15/h1-13,21H,14H2. The molecule has 0 atom stereocenters. The van der Waals surface area contributed by atoms with Crippen molar-refractivity contribution in [1.29, 1.82) is 0 Å². The Morgan fingerprint density at radius 2 is 1.39 bits per heavy atom. The minimum absolute atomic E-state index is 0.0157. The SMILES string of the molecule is O=C1c2ccccc2Nc2ccccc2N1Cc1ccccc1. The maximum atomic E-state index is 13.1. The predicted molar refractivity (Wildman–Crippen MR) is 93.1 cm³/mol. The number of carbonyl (C=O) groups excluding carboxylic acids is 1. The Kier molecular flexibility index (Phi) is 3.31. The van der Waals surface area contributed by atoms with E-state index in [0.717, 1.165) is 22.6 Å². The molecule has 1 amide bonds. The first kappa shape index (κ1) is 13.6. The highest BCUT2D eigenvalue weighted by Gasteiger charge is 2.26. The highest BCUT2D eigenvalue weighted by molar-refractivity contribution is 6.13. The van der Waals surface area contributed by atoms with Crippen LogP contribution < -0.4 is 10.2 Å². The number of rotatable bonds is 2. The van der Waals surface area contributed by atoms with E-state index in [2.05, 4.69) is 5.32 Å². The fourth-order valence-corrected chi connectivity index (χ4v) is 2.92. The Balaban J connectivity index is 1.84. The summed E-state index contributed by atoms with van der Waals surface area (Å²) in [6.45, 7) is 0.548. The number of amides is 1. The number of nitrogens with one attached hydrogen (secondary N) is 1. The molecule has 0 unspecified atom stereocenters. The lowest BCUT2D eigenvalue weighted by atomic mass is 10.1. The second kappa shape index (κ2) is 5.61. The molecule has 0 aromatic heterocycles. The van der Waals surface area contributed by atoms with Crippen LogP contribution in [-0.2, 0) is 6.54 Å². The van der Waals surface area contributed by atoms with E-state index in [0.29, 0.717) is 12.1 Å². The molecular formula is C20H16N2O. The van der Waals surface area contributed by atoms with Gasteiger partial charge in [0, 0.05) is 0 Å². The third-order valence-electron chi connectivity index (χ3n) is 4.05. The van der Waals surface area contributed by atoms with Gasteiger partial charge in [-0.25, -0.2) is 0 Å². The van der Waals surface area contributed by atoms with Gasteiger partial charge in [-0.2, -0.15) is 0 Å². The van der Waals surface area contributed by atoms with Crippen molar-refractivity contribution in [2.45, 2.75) is 6.54 Å². The van der Waals surface area contributed by atoms with E-state index in [1.165, 1.54) is 0 Å². The topological polar surface area (TPSA) is 32.3 Å². The van der Waals surface area contributed by atoms with Crippen molar-refractivity contribution in [1.82, 2.24) is 0 Å². The van der Waals surface area contributed by atoms with Crippen molar-refractivity contribution >= 4 is 23.0 Å². The van der Waals surface area contributed by atoms with Crippen molar-refractivity contribution in [2.24, 2.45) is 0 Å². The Morgan fingerprint density at radius 1 is 0.739 bits per heavy atom. The largest absolute Gasteiger partial charge is 0.353 e. The van der Waals surface area contributed by atoms with Crippen molar-refractivity contribution in [3.63, 3.8) is 0 Å². The Morgan fingerprint density at radius 3 is 2.22 bits per heavy atom. The van der Waals surface area contributed by atoms with Crippen LogP contribution in [0, 0.1) is 0 Å². The first-order valence-corrected chi connectivity index (χ1v) is 7.64. The lowest BCUT2D eigenvalue weighted by molar-refractivity contribution is 0.0986. The summed E-state index contributed by atoms with van der Waals surface area (Å²) in [5.74, 6) is 0.0157. The second-order valence-corrected chi connectivity index (χ2v) is 5.56. The van der Waals surface area contributed by atoms with Crippen LogP contribution in [0.5, 0.6) is 0 Å². The van der Waals surface area contributed by atoms with Gasteiger partial charge in [-0.1, -0.05) is 54.6 Å². The summed E-state index contributed by atoms with van der Waals surface area (Å²) in [4.78, 5) is 14.9. The highest BCUT2D eigenvalue weighted by atomic mass is 16.2. The van der Waals surface area contributed by atoms with E-state index in [4.69, 9.17) is 0 Å². The highest BCUT2D eigenvalue weighted by Crippen LogP contribution is 2.36. The molecule has 0 saturated heterocycles. The van der Waals surface area contributed by atoms with Crippen LogP contribution in [0.3, 0.4) is 0 Å². The molecule has 112 valence electrons. The van der Waals surface area contributed by atoms with Crippen LogP contribution in [0.2, 0.25) is 0 Å². The third kappa shape index (κ3) is 2.46. The molecule has 1 aliphatic rings. The molecule has 3 aromatic rings. The zero-order valence-corrected chi connectivity index (χ0v) is 12.6. The van der Waals surface area contributed by atoms with Gasteiger partial charge in [0.2, 0.25) is 0 Å². The summed E-state index contributed by atoms with van der Waals surface area (Å²) in [5, 5.41) is 3.39. The summed E-state index contributed by atoms with van der Waals surface area (Å²) < 4.78 is 0. The number of carbonyl (C=O) groups is 1. The van der Waals surface area contributed by atoms with Crippen molar-refractivity contribution in [2.75, 3.05) is 10.2 Å². The predicted octanol–water partition coefficient (Wildman–Crippen LogP) is 4.59. The summed E-state index contributed by atoms with van der Waals surface area (Å²) in [5.41, 5.74) is 4.49. The molecule has 0 spiro atoms. The van der Waals surface area contributed by atoms with Gasteiger partial charge in [-0.15, -0.1) is 0 Å². The van der Waals surface area contributed by atoms with Crippen molar-refractivity contribution < 1.29 is 4.79 Å². The first-order valence-electron chi connectivity index (χ1n) is 7.64. The molecule has 1 aliphatic heterocycles. The molecule has 1 N–H and O–H groups in total. The van der Waals surface area contributed by atoms with E-state index in [9.17, 15) is 4.79 Å². The molecule has 0 bridgehead atoms. The maximum Gasteiger partial charge on any atom is 0.260 e. The molecule has 4 rings (SSSR count). The Labute approximate surface area is 135 Å². The molecule has 0 aliphatic carbocycles. The molecule has 1 heterocycles. The summed E-state index contributed by atoms with van der Waals surface area (Å²) in [6.07, 6.45) is 0. The van der Waals surface area contributed by atoms with Gasteiger partial charge in [-0.05, 0) is 29.8 Å². The first-order chi connectivity index (χ1) is 11.3. The van der Waals surface area contributed by atoms with E-state index >= 15 is 0 Å². The van der Waals surface area contributed by atoms with Crippen LogP contribution >= 0.6 is 0 Å². The van der Waals surface area contributed by atoms with E-state index in [1.807, 2.05) is 83.8 Å². The van der Waals surface area contributed by atoms with Gasteiger partial charge in [0.15, 0.2) is 0 Å². The van der Waals surface area contributed by atoms with Crippen LogP contribution in [0.4, 0.5) is 17.1 Å². The van der Waals surface area contributed by atoms with Crippen LogP contribution in [0.1, 0.15) is 15.9 Å². The number of nitrogens with zero attached hydrogens (tertiary/aromatic N) is 1. The summed E-state index contributed by atoms with van der Waals surface area (Å²) in [7, 11) is 0. The minimum atomic E-state index is 0.0157. The Bertz CT molecular complexity index is 858. The molecule has 3 heteroatoms. The fourth-order valence-electron chi connectivity index (χ4n) is 2.92. The minimum Gasteiger partial charge on any atom is -0.353 e. The molecule has 3 aromatic carbocycles. The van der Waals surface area contributed by atoms with Crippen LogP contribution in [-0.4, -0.2) is 5.91 Å². The van der Waals surface area contributed by atoms with Crippen molar-refractivity contribution in [3.05, 3.63) is 90.0 Å². The van der Waals surface area contributed by atoms with Gasteiger partial charge < -0.3 is 10.2 Å².